The zero-order valence-corrected chi connectivity index (χ0v) is 7.29. The van der Waals surface area contributed by atoms with Crippen molar-refractivity contribution in [3.05, 3.63) is 36.8 Å². The van der Waals surface area contributed by atoms with Crippen LogP contribution in [0.2, 0.25) is 0 Å². The van der Waals surface area contributed by atoms with Crippen LogP contribution in [0.5, 0.6) is 5.75 Å². The average Bonchev–Trinajstić information content (AvgIpc) is 2.05. The van der Waals surface area contributed by atoms with Gasteiger partial charge in [0.1, 0.15) is 5.75 Å². The van der Waals surface area contributed by atoms with Crippen LogP contribution in [0.1, 0.15) is 24.8 Å². The molecule has 0 aliphatic heterocycles. The molecule has 0 spiro atoms. The molecule has 0 unspecified atom stereocenters. The Balaban J connectivity index is 2.41. The first-order valence-corrected chi connectivity index (χ1v) is 4.40. The Kier molecular flexibility index (Phi) is 3.65. The fraction of sp³-hybridized carbons (Fsp3) is 0.364. The van der Waals surface area contributed by atoms with E-state index in [9.17, 15) is 0 Å². The lowest BCUT2D eigenvalue weighted by molar-refractivity contribution is 0.474. The van der Waals surface area contributed by atoms with Crippen LogP contribution in [0.4, 0.5) is 0 Å². The number of aryl methyl sites for hydroxylation is 1. The fourth-order valence-electron chi connectivity index (χ4n) is 1.22. The van der Waals surface area contributed by atoms with E-state index in [1.54, 1.807) is 6.07 Å². The Morgan fingerprint density at radius 3 is 2.75 bits per heavy atom. The minimum Gasteiger partial charge on any atom is -0.508 e. The van der Waals surface area contributed by atoms with Crippen molar-refractivity contribution in [1.82, 2.24) is 0 Å². The molecule has 1 rings (SSSR count). The van der Waals surface area contributed by atoms with Gasteiger partial charge in [-0.15, -0.1) is 0 Å². The van der Waals surface area contributed by atoms with Gasteiger partial charge < -0.3 is 5.11 Å². The number of rotatable bonds is 4. The lowest BCUT2D eigenvalue weighted by Gasteiger charge is -2.00. The standard InChI is InChI=1S/C11H15O/c1-2-3-4-6-10-7-5-8-11(12)9-10/h5,7-9,12H,1-4,6H2. The van der Waals surface area contributed by atoms with Crippen LogP contribution in [0.15, 0.2) is 24.3 Å². The second kappa shape index (κ2) is 4.81. The number of phenolic OH excluding ortho intramolecular Hbond substituents is 1. The molecule has 1 N–H and O–H groups in total. The van der Waals surface area contributed by atoms with E-state index in [4.69, 9.17) is 5.11 Å². The molecule has 0 atom stereocenters. The van der Waals surface area contributed by atoms with E-state index in [0.29, 0.717) is 5.75 Å². The molecule has 0 aromatic heterocycles. The van der Waals surface area contributed by atoms with Gasteiger partial charge in [-0.2, -0.15) is 0 Å². The Bertz CT molecular complexity index is 230. The number of hydrogen-bond donors (Lipinski definition) is 1. The van der Waals surface area contributed by atoms with Gasteiger partial charge >= 0.3 is 0 Å². The van der Waals surface area contributed by atoms with E-state index in [0.717, 1.165) is 25.7 Å². The molecule has 0 bridgehead atoms. The number of benzene rings is 1. The highest BCUT2D eigenvalue weighted by Crippen LogP contribution is 2.13. The van der Waals surface area contributed by atoms with Gasteiger partial charge in [0.2, 0.25) is 0 Å². The molecule has 1 aromatic carbocycles. The largest absolute Gasteiger partial charge is 0.508 e. The molecule has 0 heterocycles. The molecule has 0 amide bonds. The van der Waals surface area contributed by atoms with Crippen molar-refractivity contribution in [3.8, 4) is 5.75 Å². The van der Waals surface area contributed by atoms with E-state index in [1.807, 2.05) is 18.2 Å². The number of hydrogen-bond acceptors (Lipinski definition) is 1. The molecule has 1 heteroatoms. The Labute approximate surface area is 74.1 Å². The zero-order valence-electron chi connectivity index (χ0n) is 7.29. The van der Waals surface area contributed by atoms with Crippen molar-refractivity contribution in [2.45, 2.75) is 25.7 Å². The third-order valence-corrected chi connectivity index (χ3v) is 1.88. The minimum atomic E-state index is 0.363. The quantitative estimate of drug-likeness (QED) is 0.676. The van der Waals surface area contributed by atoms with E-state index < -0.39 is 0 Å². The van der Waals surface area contributed by atoms with Crippen LogP contribution in [0.25, 0.3) is 0 Å². The normalized spacial score (nSPS) is 10.1. The molecular weight excluding hydrogens is 148 g/mol. The van der Waals surface area contributed by atoms with Gasteiger partial charge in [0.05, 0.1) is 0 Å². The third kappa shape index (κ3) is 2.95. The van der Waals surface area contributed by atoms with Gasteiger partial charge in [0.25, 0.3) is 0 Å². The molecular formula is C11H15O. The summed E-state index contributed by atoms with van der Waals surface area (Å²) in [6.45, 7) is 3.79. The molecule has 12 heavy (non-hydrogen) atoms. The summed E-state index contributed by atoms with van der Waals surface area (Å²) in [5.41, 5.74) is 1.21. The summed E-state index contributed by atoms with van der Waals surface area (Å²) in [4.78, 5) is 0. The van der Waals surface area contributed by atoms with Crippen LogP contribution < -0.4 is 0 Å². The minimum absolute atomic E-state index is 0.363. The molecule has 1 aromatic rings. The van der Waals surface area contributed by atoms with Crippen molar-refractivity contribution in [2.24, 2.45) is 0 Å². The molecule has 65 valence electrons. The van der Waals surface area contributed by atoms with Crippen molar-refractivity contribution in [3.63, 3.8) is 0 Å². The van der Waals surface area contributed by atoms with Crippen molar-refractivity contribution >= 4 is 0 Å². The highest BCUT2D eigenvalue weighted by molar-refractivity contribution is 5.27. The van der Waals surface area contributed by atoms with Crippen LogP contribution in [-0.4, -0.2) is 5.11 Å². The van der Waals surface area contributed by atoms with Gasteiger partial charge in [0.15, 0.2) is 0 Å². The lowest BCUT2D eigenvalue weighted by Crippen LogP contribution is -1.84. The molecule has 0 aliphatic rings. The summed E-state index contributed by atoms with van der Waals surface area (Å²) in [5, 5.41) is 9.16. The summed E-state index contributed by atoms with van der Waals surface area (Å²) in [7, 11) is 0. The van der Waals surface area contributed by atoms with Crippen molar-refractivity contribution in [2.75, 3.05) is 0 Å². The smallest absolute Gasteiger partial charge is 0.115 e. The summed E-state index contributed by atoms with van der Waals surface area (Å²) in [6.07, 6.45) is 4.37. The van der Waals surface area contributed by atoms with Gasteiger partial charge in [0, 0.05) is 0 Å². The van der Waals surface area contributed by atoms with Gasteiger partial charge in [-0.1, -0.05) is 31.9 Å². The maximum atomic E-state index is 9.16. The number of unbranched alkanes of at least 4 members (excludes halogenated alkanes) is 2. The second-order valence-corrected chi connectivity index (χ2v) is 2.98. The molecule has 0 aliphatic carbocycles. The summed E-state index contributed by atoms with van der Waals surface area (Å²) < 4.78 is 0. The SMILES string of the molecule is [CH2]CCCCc1cccc(O)c1. The Hall–Kier alpha value is -0.980. The highest BCUT2D eigenvalue weighted by Gasteiger charge is 1.93. The van der Waals surface area contributed by atoms with Gasteiger partial charge in [-0.25, -0.2) is 0 Å². The second-order valence-electron chi connectivity index (χ2n) is 2.98. The first-order valence-electron chi connectivity index (χ1n) is 4.40. The predicted molar refractivity (Wildman–Crippen MR) is 51.0 cm³/mol. The van der Waals surface area contributed by atoms with E-state index in [-0.39, 0.29) is 0 Å². The van der Waals surface area contributed by atoms with Crippen LogP contribution in [-0.2, 0) is 6.42 Å². The molecule has 0 saturated heterocycles. The zero-order chi connectivity index (χ0) is 8.81. The van der Waals surface area contributed by atoms with Crippen molar-refractivity contribution in [1.29, 1.82) is 0 Å². The van der Waals surface area contributed by atoms with Gasteiger partial charge in [-0.3, -0.25) is 0 Å². The van der Waals surface area contributed by atoms with Gasteiger partial charge in [-0.05, 0) is 30.5 Å². The Morgan fingerprint density at radius 1 is 1.25 bits per heavy atom. The maximum absolute atomic E-state index is 9.16. The lowest BCUT2D eigenvalue weighted by atomic mass is 10.1. The maximum Gasteiger partial charge on any atom is 0.115 e. The summed E-state index contributed by atoms with van der Waals surface area (Å²) in [6, 6.07) is 7.45. The van der Waals surface area contributed by atoms with Crippen LogP contribution >= 0.6 is 0 Å². The molecule has 1 nitrogen and oxygen atoms in total. The van der Waals surface area contributed by atoms with Crippen molar-refractivity contribution < 1.29 is 5.11 Å². The first-order chi connectivity index (χ1) is 5.83. The number of phenols is 1. The van der Waals surface area contributed by atoms with E-state index in [1.165, 1.54) is 5.56 Å². The number of aromatic hydroxyl groups is 1. The predicted octanol–water partition coefficient (Wildman–Crippen LogP) is 2.94. The van der Waals surface area contributed by atoms with Crippen LogP contribution in [0, 0.1) is 6.92 Å². The molecule has 0 fully saturated rings. The summed E-state index contributed by atoms with van der Waals surface area (Å²) >= 11 is 0. The average molecular weight is 163 g/mol. The third-order valence-electron chi connectivity index (χ3n) is 1.88. The monoisotopic (exact) mass is 163 g/mol. The highest BCUT2D eigenvalue weighted by atomic mass is 16.3. The molecule has 0 saturated carbocycles. The van der Waals surface area contributed by atoms with E-state index >= 15 is 0 Å². The topological polar surface area (TPSA) is 20.2 Å². The molecule has 1 radical (unpaired) electrons. The van der Waals surface area contributed by atoms with E-state index in [2.05, 4.69) is 6.92 Å². The Morgan fingerprint density at radius 2 is 2.08 bits per heavy atom. The summed E-state index contributed by atoms with van der Waals surface area (Å²) in [5.74, 6) is 0.363. The van der Waals surface area contributed by atoms with Crippen LogP contribution in [0.3, 0.4) is 0 Å². The first kappa shape index (κ1) is 9.11. The fourth-order valence-corrected chi connectivity index (χ4v) is 1.22.